The molecular weight excluding hydrogens is 298 g/mol. The second-order valence-electron chi connectivity index (χ2n) is 4.89. The second kappa shape index (κ2) is 5.79. The van der Waals surface area contributed by atoms with Crippen LogP contribution >= 0.6 is 0 Å². The average Bonchev–Trinajstić information content (AvgIpc) is 2.89. The van der Waals surface area contributed by atoms with E-state index in [1.807, 2.05) is 31.2 Å². The summed E-state index contributed by atoms with van der Waals surface area (Å²) in [4.78, 5) is 36.2. The summed E-state index contributed by atoms with van der Waals surface area (Å²) in [5.41, 5.74) is 1.64. The Balaban J connectivity index is 1.93. The van der Waals surface area contributed by atoms with Crippen LogP contribution in [0.25, 0.3) is 11.2 Å². The summed E-state index contributed by atoms with van der Waals surface area (Å²) in [6.07, 6.45) is 0. The number of carbonyl (C=O) groups is 1. The summed E-state index contributed by atoms with van der Waals surface area (Å²) in [7, 11) is 0. The molecule has 116 valence electrons. The summed E-state index contributed by atoms with van der Waals surface area (Å²) >= 11 is 0. The first-order valence-corrected chi connectivity index (χ1v) is 6.77. The second-order valence-corrected chi connectivity index (χ2v) is 4.89. The van der Waals surface area contributed by atoms with E-state index in [9.17, 15) is 9.59 Å². The first-order valence-electron chi connectivity index (χ1n) is 6.77. The van der Waals surface area contributed by atoms with Gasteiger partial charge in [-0.15, -0.1) is 10.2 Å². The number of aromatic nitrogens is 4. The standard InChI is InChI=1S/C14H13N7O2/c1-7-3-5-9(6-4-7)20-21-14-16-10-11(18-14)17-13(15-8(2)22)19-12(10)23/h3-6H,1-2H3,(H3,15,16,17,18,19,22,23). The van der Waals surface area contributed by atoms with Gasteiger partial charge in [0.2, 0.25) is 17.8 Å². The Morgan fingerprint density at radius 3 is 2.57 bits per heavy atom. The van der Waals surface area contributed by atoms with E-state index >= 15 is 0 Å². The van der Waals surface area contributed by atoms with E-state index in [1.54, 1.807) is 0 Å². The number of nitrogens with one attached hydrogen (secondary N) is 3. The number of hydrogen-bond donors (Lipinski definition) is 3. The molecule has 0 atom stereocenters. The van der Waals surface area contributed by atoms with Gasteiger partial charge in [-0.3, -0.25) is 19.9 Å². The fraction of sp³-hybridized carbons (Fsp3) is 0.143. The van der Waals surface area contributed by atoms with Crippen molar-refractivity contribution in [2.45, 2.75) is 13.8 Å². The predicted molar refractivity (Wildman–Crippen MR) is 84.2 cm³/mol. The van der Waals surface area contributed by atoms with Crippen LogP contribution in [-0.2, 0) is 4.79 Å². The number of amides is 1. The third-order valence-electron chi connectivity index (χ3n) is 2.94. The Morgan fingerprint density at radius 2 is 1.87 bits per heavy atom. The van der Waals surface area contributed by atoms with Gasteiger partial charge in [0, 0.05) is 6.92 Å². The van der Waals surface area contributed by atoms with Gasteiger partial charge in [-0.25, -0.2) is 0 Å². The molecule has 0 spiro atoms. The lowest BCUT2D eigenvalue weighted by atomic mass is 10.2. The fourth-order valence-corrected chi connectivity index (χ4v) is 1.88. The highest BCUT2D eigenvalue weighted by molar-refractivity contribution is 5.87. The summed E-state index contributed by atoms with van der Waals surface area (Å²) in [6, 6.07) is 7.47. The van der Waals surface area contributed by atoms with Crippen LogP contribution in [0.15, 0.2) is 39.3 Å². The zero-order valence-corrected chi connectivity index (χ0v) is 12.4. The highest BCUT2D eigenvalue weighted by Crippen LogP contribution is 2.18. The number of H-pyrrole nitrogens is 2. The summed E-state index contributed by atoms with van der Waals surface area (Å²) < 4.78 is 0. The van der Waals surface area contributed by atoms with Crippen molar-refractivity contribution in [3.63, 3.8) is 0 Å². The van der Waals surface area contributed by atoms with Crippen LogP contribution in [0.5, 0.6) is 0 Å². The van der Waals surface area contributed by atoms with Gasteiger partial charge in [0.15, 0.2) is 11.2 Å². The third kappa shape index (κ3) is 3.28. The minimum absolute atomic E-state index is 0.0310. The number of imidazole rings is 1. The van der Waals surface area contributed by atoms with Crippen molar-refractivity contribution >= 4 is 34.7 Å². The molecule has 3 aromatic rings. The number of fused-ring (bicyclic) bond motifs is 1. The van der Waals surface area contributed by atoms with Crippen molar-refractivity contribution < 1.29 is 4.79 Å². The lowest BCUT2D eigenvalue weighted by Gasteiger charge is -1.98. The molecule has 1 aromatic carbocycles. The summed E-state index contributed by atoms with van der Waals surface area (Å²) in [6.45, 7) is 3.29. The highest BCUT2D eigenvalue weighted by Gasteiger charge is 2.10. The van der Waals surface area contributed by atoms with E-state index < -0.39 is 5.56 Å². The van der Waals surface area contributed by atoms with Gasteiger partial charge in [0.1, 0.15) is 0 Å². The predicted octanol–water partition coefficient (Wildman–Crippen LogP) is 2.33. The third-order valence-corrected chi connectivity index (χ3v) is 2.94. The van der Waals surface area contributed by atoms with Crippen molar-refractivity contribution in [3.8, 4) is 0 Å². The maximum absolute atomic E-state index is 11.9. The molecular formula is C14H13N7O2. The molecule has 0 saturated carbocycles. The number of aryl methyl sites for hydroxylation is 1. The van der Waals surface area contributed by atoms with Crippen LogP contribution in [0.4, 0.5) is 17.6 Å². The van der Waals surface area contributed by atoms with Crippen molar-refractivity contribution in [3.05, 3.63) is 40.2 Å². The van der Waals surface area contributed by atoms with Gasteiger partial charge in [-0.05, 0) is 19.1 Å². The molecule has 9 heteroatoms. The van der Waals surface area contributed by atoms with E-state index in [1.165, 1.54) is 6.92 Å². The van der Waals surface area contributed by atoms with Gasteiger partial charge in [0.25, 0.3) is 5.56 Å². The molecule has 2 heterocycles. The molecule has 2 aromatic heterocycles. The number of aromatic amines is 2. The first kappa shape index (κ1) is 14.6. The number of anilines is 1. The van der Waals surface area contributed by atoms with E-state index in [0.717, 1.165) is 5.56 Å². The Morgan fingerprint density at radius 1 is 1.13 bits per heavy atom. The molecule has 0 radical (unpaired) electrons. The molecule has 23 heavy (non-hydrogen) atoms. The van der Waals surface area contributed by atoms with Gasteiger partial charge < -0.3 is 4.98 Å². The Bertz CT molecular complexity index is 953. The van der Waals surface area contributed by atoms with Crippen molar-refractivity contribution in [2.75, 3.05) is 5.32 Å². The molecule has 9 nitrogen and oxygen atoms in total. The van der Waals surface area contributed by atoms with Crippen LogP contribution < -0.4 is 10.9 Å². The zero-order chi connectivity index (χ0) is 16.4. The molecule has 3 N–H and O–H groups in total. The van der Waals surface area contributed by atoms with Crippen LogP contribution in [-0.4, -0.2) is 25.8 Å². The van der Waals surface area contributed by atoms with Crippen molar-refractivity contribution in [2.24, 2.45) is 10.2 Å². The number of nitrogens with zero attached hydrogens (tertiary/aromatic N) is 4. The molecule has 1 amide bonds. The number of rotatable bonds is 3. The van der Waals surface area contributed by atoms with Gasteiger partial charge >= 0.3 is 0 Å². The van der Waals surface area contributed by atoms with E-state index in [0.29, 0.717) is 5.69 Å². The van der Waals surface area contributed by atoms with Gasteiger partial charge in [-0.1, -0.05) is 17.7 Å². The summed E-state index contributed by atoms with van der Waals surface area (Å²) in [5.74, 6) is -0.163. The highest BCUT2D eigenvalue weighted by atomic mass is 16.1. The van der Waals surface area contributed by atoms with Crippen LogP contribution in [0.3, 0.4) is 0 Å². The largest absolute Gasteiger partial charge is 0.315 e. The zero-order valence-electron chi connectivity index (χ0n) is 12.4. The smallest absolute Gasteiger partial charge is 0.278 e. The normalized spacial score (nSPS) is 11.2. The first-order chi connectivity index (χ1) is 11.0. The lowest BCUT2D eigenvalue weighted by Crippen LogP contribution is -2.15. The molecule has 0 bridgehead atoms. The average molecular weight is 311 g/mol. The molecule has 0 aliphatic carbocycles. The van der Waals surface area contributed by atoms with E-state index in [4.69, 9.17) is 0 Å². The van der Waals surface area contributed by atoms with Crippen molar-refractivity contribution in [1.82, 2.24) is 19.9 Å². The molecule has 0 aliphatic heterocycles. The quantitative estimate of drug-likeness (QED) is 0.641. The number of carbonyl (C=O) groups excluding carboxylic acids is 1. The minimum atomic E-state index is -0.456. The lowest BCUT2D eigenvalue weighted by molar-refractivity contribution is -0.114. The van der Waals surface area contributed by atoms with Crippen molar-refractivity contribution in [1.29, 1.82) is 0 Å². The maximum atomic E-state index is 11.9. The Kier molecular flexibility index (Phi) is 3.67. The minimum Gasteiger partial charge on any atom is -0.315 e. The number of azo groups is 1. The van der Waals surface area contributed by atoms with E-state index in [2.05, 4.69) is 35.5 Å². The molecule has 3 rings (SSSR count). The number of benzene rings is 1. The number of hydrogen-bond acceptors (Lipinski definition) is 6. The van der Waals surface area contributed by atoms with Gasteiger partial charge in [0.05, 0.1) is 5.69 Å². The SMILES string of the molecule is CC(=O)Nc1nc2nc(N=Nc3ccc(C)cc3)[nH]c2c(=O)[nH]1. The van der Waals surface area contributed by atoms with Crippen LogP contribution in [0.1, 0.15) is 12.5 Å². The fourth-order valence-electron chi connectivity index (χ4n) is 1.88. The van der Waals surface area contributed by atoms with Crippen LogP contribution in [0, 0.1) is 6.92 Å². The molecule has 0 fully saturated rings. The summed E-state index contributed by atoms with van der Waals surface area (Å²) in [5, 5.41) is 10.4. The molecule has 0 aliphatic rings. The maximum Gasteiger partial charge on any atom is 0.278 e. The van der Waals surface area contributed by atoms with Gasteiger partial charge in [-0.2, -0.15) is 9.97 Å². The molecule has 0 unspecified atom stereocenters. The van der Waals surface area contributed by atoms with E-state index in [-0.39, 0.29) is 29.0 Å². The topological polar surface area (TPSA) is 128 Å². The molecule has 0 saturated heterocycles. The Labute approximate surface area is 129 Å². The monoisotopic (exact) mass is 311 g/mol. The Hall–Kier alpha value is -3.36. The van der Waals surface area contributed by atoms with Crippen LogP contribution in [0.2, 0.25) is 0 Å².